The molecule has 138 valence electrons. The normalized spacial score (nSPS) is 18.9. The van der Waals surface area contributed by atoms with Crippen LogP contribution in [0.3, 0.4) is 0 Å². The van der Waals surface area contributed by atoms with Crippen LogP contribution in [0.2, 0.25) is 0 Å². The van der Waals surface area contributed by atoms with E-state index in [-0.39, 0.29) is 0 Å². The van der Waals surface area contributed by atoms with Crippen molar-refractivity contribution in [2.75, 3.05) is 68.0 Å². The van der Waals surface area contributed by atoms with Gasteiger partial charge in [0.05, 0.1) is 13.2 Å². The molecule has 2 saturated heterocycles. The second-order valence-corrected chi connectivity index (χ2v) is 6.98. The Hall–Kier alpha value is -2.31. The Morgan fingerprint density at radius 2 is 1.54 bits per heavy atom. The maximum atomic E-state index is 5.78. The van der Waals surface area contributed by atoms with Gasteiger partial charge in [-0.1, -0.05) is 6.07 Å². The molecule has 3 heterocycles. The average molecular weight is 353 g/mol. The summed E-state index contributed by atoms with van der Waals surface area (Å²) in [6.45, 7) is 8.63. The van der Waals surface area contributed by atoms with Gasteiger partial charge in [0.25, 0.3) is 0 Å². The third-order valence-electron chi connectivity index (χ3n) is 5.18. The summed E-state index contributed by atoms with van der Waals surface area (Å²) in [6.07, 6.45) is 2.02. The number of rotatable bonds is 4. The van der Waals surface area contributed by atoms with E-state index < -0.39 is 0 Å². The fraction of sp³-hybridized carbons (Fsp3) is 0.450. The van der Waals surface area contributed by atoms with Gasteiger partial charge in [-0.2, -0.15) is 0 Å². The average Bonchev–Trinajstić information content (AvgIpc) is 2.70. The first-order valence-corrected chi connectivity index (χ1v) is 9.38. The van der Waals surface area contributed by atoms with Crippen molar-refractivity contribution in [3.05, 3.63) is 48.2 Å². The van der Waals surface area contributed by atoms with Gasteiger partial charge in [-0.3, -0.25) is 4.90 Å². The number of nitrogens with zero attached hydrogens (tertiary/aromatic N) is 4. The summed E-state index contributed by atoms with van der Waals surface area (Å²) in [5.41, 5.74) is 9.11. The molecule has 0 unspecified atom stereocenters. The summed E-state index contributed by atoms with van der Waals surface area (Å²) in [5, 5.41) is 0. The number of pyridine rings is 1. The van der Waals surface area contributed by atoms with E-state index in [1.165, 1.54) is 11.3 Å². The zero-order valence-corrected chi connectivity index (χ0v) is 15.2. The van der Waals surface area contributed by atoms with Gasteiger partial charge in [0.1, 0.15) is 5.82 Å². The maximum Gasteiger partial charge on any atom is 0.128 e. The van der Waals surface area contributed by atoms with E-state index in [9.17, 15) is 0 Å². The topological polar surface area (TPSA) is 57.9 Å². The summed E-state index contributed by atoms with van der Waals surface area (Å²) in [6, 6.07) is 12.5. The molecule has 0 aliphatic carbocycles. The number of benzene rings is 1. The fourth-order valence-electron chi connectivity index (χ4n) is 3.59. The highest BCUT2D eigenvalue weighted by atomic mass is 16.5. The van der Waals surface area contributed by atoms with Crippen LogP contribution in [0.25, 0.3) is 0 Å². The summed E-state index contributed by atoms with van der Waals surface area (Å²) in [5.74, 6) is 1.08. The lowest BCUT2D eigenvalue weighted by Gasteiger charge is -2.36. The van der Waals surface area contributed by atoms with Crippen molar-refractivity contribution in [1.29, 1.82) is 0 Å². The van der Waals surface area contributed by atoms with Crippen LogP contribution in [-0.2, 0) is 11.3 Å². The number of nitrogens with two attached hydrogens (primary N) is 1. The highest BCUT2D eigenvalue weighted by molar-refractivity contribution is 5.54. The van der Waals surface area contributed by atoms with Crippen molar-refractivity contribution in [3.63, 3.8) is 0 Å². The van der Waals surface area contributed by atoms with E-state index >= 15 is 0 Å². The van der Waals surface area contributed by atoms with Crippen molar-refractivity contribution in [1.82, 2.24) is 9.88 Å². The fourth-order valence-corrected chi connectivity index (χ4v) is 3.59. The summed E-state index contributed by atoms with van der Waals surface area (Å²) in [7, 11) is 0. The van der Waals surface area contributed by atoms with E-state index in [4.69, 9.17) is 15.5 Å². The Balaban J connectivity index is 1.31. The molecule has 2 aliphatic heterocycles. The van der Waals surface area contributed by atoms with Gasteiger partial charge >= 0.3 is 0 Å². The van der Waals surface area contributed by atoms with Crippen molar-refractivity contribution in [2.24, 2.45) is 0 Å². The minimum atomic E-state index is 0.814. The first-order chi connectivity index (χ1) is 12.8. The number of nitrogen functional groups attached to an aromatic ring is 1. The molecule has 0 atom stereocenters. The predicted octanol–water partition coefficient (Wildman–Crippen LogP) is 1.82. The first kappa shape index (κ1) is 17.1. The third-order valence-corrected chi connectivity index (χ3v) is 5.18. The molecule has 0 radical (unpaired) electrons. The van der Waals surface area contributed by atoms with Gasteiger partial charge in [-0.15, -0.1) is 0 Å². The molecule has 0 spiro atoms. The Labute approximate surface area is 155 Å². The Bertz CT molecular complexity index is 689. The quantitative estimate of drug-likeness (QED) is 0.847. The molecule has 6 heteroatoms. The monoisotopic (exact) mass is 353 g/mol. The van der Waals surface area contributed by atoms with Gasteiger partial charge in [0.15, 0.2) is 0 Å². The zero-order valence-electron chi connectivity index (χ0n) is 15.2. The smallest absolute Gasteiger partial charge is 0.128 e. The van der Waals surface area contributed by atoms with Crippen LogP contribution in [0.4, 0.5) is 17.2 Å². The minimum Gasteiger partial charge on any atom is -0.399 e. The lowest BCUT2D eigenvalue weighted by atomic mass is 10.2. The number of anilines is 3. The first-order valence-electron chi connectivity index (χ1n) is 9.38. The molecule has 1 aromatic heterocycles. The summed E-state index contributed by atoms with van der Waals surface area (Å²) < 4.78 is 5.41. The molecule has 2 fully saturated rings. The van der Waals surface area contributed by atoms with Crippen LogP contribution in [0, 0.1) is 0 Å². The van der Waals surface area contributed by atoms with Crippen LogP contribution in [0.15, 0.2) is 42.6 Å². The standard InChI is InChI=1S/C20H27N5O/c21-18-2-4-19(5-3-18)24-7-9-25(10-8-24)20-6-1-17(15-22-20)16-23-11-13-26-14-12-23/h1-6,15H,7-14,16,21H2. The van der Waals surface area contributed by atoms with Gasteiger partial charge in [-0.25, -0.2) is 4.98 Å². The van der Waals surface area contributed by atoms with E-state index in [1.807, 2.05) is 18.3 Å². The van der Waals surface area contributed by atoms with Crippen LogP contribution in [0.1, 0.15) is 5.56 Å². The third kappa shape index (κ3) is 4.08. The second kappa shape index (κ2) is 7.93. The number of piperazine rings is 1. The summed E-state index contributed by atoms with van der Waals surface area (Å²) >= 11 is 0. The Kier molecular flexibility index (Phi) is 5.22. The highest BCUT2D eigenvalue weighted by Gasteiger charge is 2.18. The molecule has 6 nitrogen and oxygen atoms in total. The second-order valence-electron chi connectivity index (χ2n) is 6.98. The number of hydrogen-bond acceptors (Lipinski definition) is 6. The zero-order chi connectivity index (χ0) is 17.8. The Morgan fingerprint density at radius 3 is 2.19 bits per heavy atom. The van der Waals surface area contributed by atoms with Gasteiger partial charge in [-0.05, 0) is 35.9 Å². The van der Waals surface area contributed by atoms with Gasteiger partial charge in [0.2, 0.25) is 0 Å². The minimum absolute atomic E-state index is 0.814. The van der Waals surface area contributed by atoms with E-state index in [2.05, 4.69) is 39.0 Å². The van der Waals surface area contributed by atoms with E-state index in [1.54, 1.807) is 0 Å². The predicted molar refractivity (Wildman–Crippen MR) is 106 cm³/mol. The molecule has 2 aromatic rings. The molecule has 1 aromatic carbocycles. The molecule has 2 N–H and O–H groups in total. The van der Waals surface area contributed by atoms with Gasteiger partial charge < -0.3 is 20.3 Å². The van der Waals surface area contributed by atoms with Crippen LogP contribution in [0.5, 0.6) is 0 Å². The lowest BCUT2D eigenvalue weighted by molar-refractivity contribution is 0.0341. The lowest BCUT2D eigenvalue weighted by Crippen LogP contribution is -2.46. The molecule has 2 aliphatic rings. The van der Waals surface area contributed by atoms with E-state index in [0.29, 0.717) is 0 Å². The van der Waals surface area contributed by atoms with Crippen molar-refractivity contribution in [3.8, 4) is 0 Å². The summed E-state index contributed by atoms with van der Waals surface area (Å²) in [4.78, 5) is 11.9. The van der Waals surface area contributed by atoms with Crippen LogP contribution < -0.4 is 15.5 Å². The number of hydrogen-bond donors (Lipinski definition) is 1. The molecular formula is C20H27N5O. The molecule has 4 rings (SSSR count). The molecule has 0 bridgehead atoms. The van der Waals surface area contributed by atoms with Crippen molar-refractivity contribution >= 4 is 17.2 Å². The largest absolute Gasteiger partial charge is 0.399 e. The SMILES string of the molecule is Nc1ccc(N2CCN(c3ccc(CN4CCOCC4)cn3)CC2)cc1. The highest BCUT2D eigenvalue weighted by Crippen LogP contribution is 2.20. The molecule has 0 saturated carbocycles. The van der Waals surface area contributed by atoms with Crippen LogP contribution >= 0.6 is 0 Å². The molecular weight excluding hydrogens is 326 g/mol. The maximum absolute atomic E-state index is 5.78. The van der Waals surface area contributed by atoms with Crippen molar-refractivity contribution < 1.29 is 4.74 Å². The molecule has 0 amide bonds. The number of aromatic nitrogens is 1. The Morgan fingerprint density at radius 1 is 0.846 bits per heavy atom. The van der Waals surface area contributed by atoms with Crippen molar-refractivity contribution in [2.45, 2.75) is 6.54 Å². The molecule has 26 heavy (non-hydrogen) atoms. The number of morpholine rings is 1. The van der Waals surface area contributed by atoms with E-state index in [0.717, 1.165) is 70.5 Å². The van der Waals surface area contributed by atoms with Gasteiger partial charge in [0, 0.05) is 63.4 Å². The number of ether oxygens (including phenoxy) is 1. The van der Waals surface area contributed by atoms with Crippen LogP contribution in [-0.4, -0.2) is 62.4 Å².